The summed E-state index contributed by atoms with van der Waals surface area (Å²) in [5.74, 6) is 0.777. The number of carbonyl (C=O) groups is 1. The quantitative estimate of drug-likeness (QED) is 0.323. The van der Waals surface area contributed by atoms with Crippen LogP contribution in [0.3, 0.4) is 0 Å². The molecule has 1 amide bonds. The molecule has 188 valence electrons. The van der Waals surface area contributed by atoms with E-state index < -0.39 is 0 Å². The van der Waals surface area contributed by atoms with Crippen molar-refractivity contribution in [3.8, 4) is 32.8 Å². The number of piperazine rings is 1. The lowest BCUT2D eigenvalue weighted by molar-refractivity contribution is 0.0668. The summed E-state index contributed by atoms with van der Waals surface area (Å²) in [7, 11) is 2.07. The van der Waals surface area contributed by atoms with Crippen molar-refractivity contribution in [2.45, 2.75) is 6.92 Å². The number of rotatable bonds is 5. The maximum absolute atomic E-state index is 13.2. The molecule has 4 aromatic heterocycles. The average molecular weight is 535 g/mol. The number of nitrogens with zero attached hydrogens (tertiary/aromatic N) is 5. The zero-order valence-electron chi connectivity index (χ0n) is 20.2. The first-order valence-electron chi connectivity index (χ1n) is 11.8. The highest BCUT2D eigenvalue weighted by atomic mass is 32.1. The van der Waals surface area contributed by atoms with Crippen molar-refractivity contribution in [1.82, 2.24) is 30.0 Å². The first kappa shape index (κ1) is 23.7. The Morgan fingerprint density at radius 2 is 1.86 bits per heavy atom. The van der Waals surface area contributed by atoms with Crippen LogP contribution in [0, 0.1) is 12.7 Å². The van der Waals surface area contributed by atoms with Gasteiger partial charge in [0.05, 0.1) is 26.5 Å². The van der Waals surface area contributed by atoms with Gasteiger partial charge in [-0.05, 0) is 49.9 Å². The van der Waals surface area contributed by atoms with E-state index in [1.54, 1.807) is 30.5 Å². The molecule has 1 N–H and O–H groups in total. The van der Waals surface area contributed by atoms with Gasteiger partial charge in [0.15, 0.2) is 0 Å². The van der Waals surface area contributed by atoms with Gasteiger partial charge in [0.25, 0.3) is 5.91 Å². The maximum Gasteiger partial charge on any atom is 0.265 e. The fraction of sp³-hybridized carbons (Fsp3) is 0.231. The van der Waals surface area contributed by atoms with Crippen molar-refractivity contribution in [1.29, 1.82) is 0 Å². The zero-order chi connectivity index (χ0) is 25.5. The van der Waals surface area contributed by atoms with Crippen LogP contribution in [0.15, 0.2) is 48.7 Å². The van der Waals surface area contributed by atoms with E-state index in [-0.39, 0.29) is 11.7 Å². The monoisotopic (exact) mass is 534 g/mol. The number of hydrogen-bond donors (Lipinski definition) is 1. The Kier molecular flexibility index (Phi) is 6.19. The van der Waals surface area contributed by atoms with E-state index in [0.29, 0.717) is 16.5 Å². The molecule has 0 radical (unpaired) electrons. The number of halogens is 1. The van der Waals surface area contributed by atoms with Crippen LogP contribution < -0.4 is 4.74 Å². The molecule has 0 unspecified atom stereocenters. The highest BCUT2D eigenvalue weighted by molar-refractivity contribution is 7.26. The minimum absolute atomic E-state index is 0.0492. The number of aryl methyl sites for hydroxylation is 1. The van der Waals surface area contributed by atoms with Crippen LogP contribution in [0.25, 0.3) is 31.4 Å². The molecule has 1 aromatic carbocycles. The summed E-state index contributed by atoms with van der Waals surface area (Å²) in [5, 5.41) is 7.98. The van der Waals surface area contributed by atoms with E-state index in [1.807, 2.05) is 17.9 Å². The molecule has 1 aliphatic rings. The van der Waals surface area contributed by atoms with Gasteiger partial charge in [-0.15, -0.1) is 27.8 Å². The van der Waals surface area contributed by atoms with Gasteiger partial charge in [-0.2, -0.15) is 0 Å². The predicted molar refractivity (Wildman–Crippen MR) is 143 cm³/mol. The van der Waals surface area contributed by atoms with Crippen LogP contribution in [0.2, 0.25) is 0 Å². The van der Waals surface area contributed by atoms with Crippen molar-refractivity contribution in [2.75, 3.05) is 33.2 Å². The van der Waals surface area contributed by atoms with Gasteiger partial charge in [0, 0.05) is 44.5 Å². The molecule has 11 heteroatoms. The molecule has 1 aliphatic heterocycles. The lowest BCUT2D eigenvalue weighted by atomic mass is 10.1. The number of pyridine rings is 1. The minimum Gasteiger partial charge on any atom is -0.436 e. The number of ether oxygens (including phenoxy) is 1. The second-order valence-electron chi connectivity index (χ2n) is 8.89. The van der Waals surface area contributed by atoms with Gasteiger partial charge in [0.2, 0.25) is 5.88 Å². The van der Waals surface area contributed by atoms with E-state index >= 15 is 0 Å². The Balaban J connectivity index is 1.25. The number of thiophene rings is 1. The maximum atomic E-state index is 13.2. The number of carbonyl (C=O) groups excluding carboxylic acids is 1. The molecular weight excluding hydrogens is 511 g/mol. The highest BCUT2D eigenvalue weighted by Gasteiger charge is 2.25. The number of amides is 1. The molecule has 8 nitrogen and oxygen atoms in total. The van der Waals surface area contributed by atoms with Crippen molar-refractivity contribution >= 4 is 38.8 Å². The molecule has 0 aliphatic carbocycles. The third-order valence-corrected chi connectivity index (χ3v) is 8.75. The van der Waals surface area contributed by atoms with Crippen LogP contribution in [0.5, 0.6) is 11.6 Å². The van der Waals surface area contributed by atoms with E-state index in [9.17, 15) is 9.18 Å². The Morgan fingerprint density at radius 3 is 2.65 bits per heavy atom. The Hall–Kier alpha value is -3.67. The first-order chi connectivity index (χ1) is 17.9. The van der Waals surface area contributed by atoms with Crippen molar-refractivity contribution < 1.29 is 13.9 Å². The Bertz CT molecular complexity index is 1580. The summed E-state index contributed by atoms with van der Waals surface area (Å²) >= 11 is 2.94. The molecule has 37 heavy (non-hydrogen) atoms. The molecule has 0 spiro atoms. The van der Waals surface area contributed by atoms with Crippen LogP contribution >= 0.6 is 22.7 Å². The third kappa shape index (κ3) is 4.73. The average Bonchev–Trinajstić information content (AvgIpc) is 3.63. The number of likely N-dealkylation sites (N-methyl/N-ethyl adjacent to an activating group) is 1. The lowest BCUT2D eigenvalue weighted by Gasteiger charge is -2.32. The number of hydrogen-bond acceptors (Lipinski definition) is 8. The molecule has 1 fully saturated rings. The van der Waals surface area contributed by atoms with Crippen molar-refractivity contribution in [2.24, 2.45) is 0 Å². The fourth-order valence-electron chi connectivity index (χ4n) is 4.20. The van der Waals surface area contributed by atoms with Crippen molar-refractivity contribution in [3.63, 3.8) is 0 Å². The molecule has 0 bridgehead atoms. The molecule has 0 atom stereocenters. The van der Waals surface area contributed by atoms with Gasteiger partial charge in [-0.25, -0.2) is 9.37 Å². The van der Waals surface area contributed by atoms with Gasteiger partial charge in [-0.3, -0.25) is 14.9 Å². The molecular formula is C26H23FN6O2S2. The molecule has 5 aromatic rings. The van der Waals surface area contributed by atoms with E-state index in [1.165, 1.54) is 34.8 Å². The normalized spacial score (nSPS) is 14.4. The summed E-state index contributed by atoms with van der Waals surface area (Å²) < 4.78 is 20.2. The topological polar surface area (TPSA) is 87.2 Å². The van der Waals surface area contributed by atoms with Crippen LogP contribution in [-0.4, -0.2) is 69.1 Å². The third-order valence-electron chi connectivity index (χ3n) is 6.29. The van der Waals surface area contributed by atoms with Crippen molar-refractivity contribution in [3.05, 3.63) is 65.0 Å². The highest BCUT2D eigenvalue weighted by Crippen LogP contribution is 2.41. The van der Waals surface area contributed by atoms with Gasteiger partial charge in [0.1, 0.15) is 21.5 Å². The number of aromatic amines is 1. The van der Waals surface area contributed by atoms with Gasteiger partial charge in [-0.1, -0.05) is 0 Å². The second-order valence-corrected chi connectivity index (χ2v) is 10.9. The smallest absolute Gasteiger partial charge is 0.265 e. The summed E-state index contributed by atoms with van der Waals surface area (Å²) in [4.78, 5) is 28.1. The first-order valence-corrected chi connectivity index (χ1v) is 13.4. The number of aromatic nitrogens is 4. The minimum atomic E-state index is -0.293. The molecule has 5 heterocycles. The molecule has 0 saturated carbocycles. The molecule has 1 saturated heterocycles. The van der Waals surface area contributed by atoms with E-state index in [4.69, 9.17) is 9.72 Å². The van der Waals surface area contributed by atoms with Crippen LogP contribution in [0.1, 0.15) is 15.4 Å². The fourth-order valence-corrected chi connectivity index (χ4v) is 6.34. The number of nitrogens with one attached hydrogen (secondary N) is 1. The number of H-pyrrole nitrogens is 1. The second kappa shape index (κ2) is 9.66. The summed E-state index contributed by atoms with van der Waals surface area (Å²) in [6.45, 7) is 5.10. The predicted octanol–water partition coefficient (Wildman–Crippen LogP) is 5.44. The van der Waals surface area contributed by atoms with Crippen LogP contribution in [0.4, 0.5) is 4.39 Å². The summed E-state index contributed by atoms with van der Waals surface area (Å²) in [5.41, 5.74) is 3.06. The lowest BCUT2D eigenvalue weighted by Crippen LogP contribution is -2.47. The largest absolute Gasteiger partial charge is 0.436 e. The van der Waals surface area contributed by atoms with Gasteiger partial charge >= 0.3 is 0 Å². The van der Waals surface area contributed by atoms with E-state index in [0.717, 1.165) is 63.2 Å². The van der Waals surface area contributed by atoms with Gasteiger partial charge < -0.3 is 14.5 Å². The summed E-state index contributed by atoms with van der Waals surface area (Å²) in [6.07, 6.45) is 1.69. The van der Waals surface area contributed by atoms with E-state index in [2.05, 4.69) is 27.1 Å². The number of benzene rings is 1. The standard InChI is InChI=1S/C26H23FN6O2S2/c1-15-23(26(34)33-11-9-32(2)10-12-33)37-25(29-15)21-13-19-24(36-21)20(7-8-28-19)35-22-14-18(30-31-22)16-3-5-17(27)6-4-16/h3-8,13-14H,9-12H2,1-2H3,(H,30,31). The van der Waals surface area contributed by atoms with Crippen LogP contribution in [-0.2, 0) is 0 Å². The Labute approximate surface area is 220 Å². The SMILES string of the molecule is Cc1nc(-c2cc3nccc(Oc4cc(-c5ccc(F)cc5)[nH]n4)c3s2)sc1C(=O)N1CCN(C)CC1. The zero-order valence-corrected chi connectivity index (χ0v) is 21.8. The Morgan fingerprint density at radius 1 is 1.08 bits per heavy atom. The number of fused-ring (bicyclic) bond motifs is 1. The summed E-state index contributed by atoms with van der Waals surface area (Å²) in [6, 6.07) is 11.7. The number of thiazole rings is 1. The molecule has 6 rings (SSSR count).